The van der Waals surface area contributed by atoms with Crippen LogP contribution in [0.2, 0.25) is 0 Å². The molecule has 88 valence electrons. The van der Waals surface area contributed by atoms with Crippen molar-refractivity contribution in [2.75, 3.05) is 13.2 Å². The Morgan fingerprint density at radius 2 is 2.06 bits per heavy atom. The lowest BCUT2D eigenvalue weighted by molar-refractivity contribution is -0.0299. The number of benzene rings is 1. The van der Waals surface area contributed by atoms with Gasteiger partial charge in [-0.2, -0.15) is 0 Å². The fourth-order valence-corrected chi connectivity index (χ4v) is 1.96. The van der Waals surface area contributed by atoms with E-state index in [0.29, 0.717) is 0 Å². The minimum Gasteiger partial charge on any atom is -0.370 e. The Morgan fingerprint density at radius 1 is 1.38 bits per heavy atom. The summed E-state index contributed by atoms with van der Waals surface area (Å²) >= 11 is 0. The fraction of sp³-hybridized carbons (Fsp3) is 0.571. The van der Waals surface area contributed by atoms with Crippen LogP contribution in [0.3, 0.4) is 0 Å². The van der Waals surface area contributed by atoms with E-state index in [0.717, 1.165) is 19.6 Å². The summed E-state index contributed by atoms with van der Waals surface area (Å²) in [5.74, 6) is 0. The molecule has 1 N–H and O–H groups in total. The summed E-state index contributed by atoms with van der Waals surface area (Å²) in [6.07, 6.45) is 1.31. The van der Waals surface area contributed by atoms with Crippen LogP contribution in [0.25, 0.3) is 0 Å². The monoisotopic (exact) mass is 219 g/mol. The topological polar surface area (TPSA) is 21.3 Å². The predicted octanol–water partition coefficient (Wildman–Crippen LogP) is 2.82. The standard InChI is InChI=1S/C14H21NO/c1-4-14(3)10-16-13(9-15-14)12-7-5-11(2)6-8-12/h5-8,13,15H,4,9-10H2,1-3H3. The Balaban J connectivity index is 2.01. The molecule has 1 aliphatic heterocycles. The first kappa shape index (κ1) is 11.6. The zero-order valence-corrected chi connectivity index (χ0v) is 10.4. The van der Waals surface area contributed by atoms with E-state index in [1.807, 2.05) is 0 Å². The van der Waals surface area contributed by atoms with Crippen molar-refractivity contribution in [3.8, 4) is 0 Å². The minimum absolute atomic E-state index is 0.154. The van der Waals surface area contributed by atoms with Crippen LogP contribution in [-0.2, 0) is 4.74 Å². The lowest BCUT2D eigenvalue weighted by Crippen LogP contribution is -2.52. The maximum atomic E-state index is 5.95. The molecule has 1 aromatic carbocycles. The summed E-state index contributed by atoms with van der Waals surface area (Å²) in [6, 6.07) is 8.62. The van der Waals surface area contributed by atoms with E-state index in [9.17, 15) is 0 Å². The van der Waals surface area contributed by atoms with E-state index >= 15 is 0 Å². The first-order chi connectivity index (χ1) is 7.63. The highest BCUT2D eigenvalue weighted by Crippen LogP contribution is 2.25. The molecule has 2 unspecified atom stereocenters. The average molecular weight is 219 g/mol. The molecule has 1 fully saturated rings. The first-order valence-corrected chi connectivity index (χ1v) is 6.06. The van der Waals surface area contributed by atoms with E-state index in [2.05, 4.69) is 50.4 Å². The number of aryl methyl sites for hydroxylation is 1. The molecule has 0 amide bonds. The van der Waals surface area contributed by atoms with Crippen LogP contribution in [0.4, 0.5) is 0 Å². The highest BCUT2D eigenvalue weighted by atomic mass is 16.5. The molecular formula is C14H21NO. The molecule has 16 heavy (non-hydrogen) atoms. The Kier molecular flexibility index (Phi) is 3.31. The number of morpholine rings is 1. The van der Waals surface area contributed by atoms with Crippen LogP contribution < -0.4 is 5.32 Å². The van der Waals surface area contributed by atoms with Crippen molar-refractivity contribution in [1.29, 1.82) is 0 Å². The molecule has 2 rings (SSSR count). The smallest absolute Gasteiger partial charge is 0.0950 e. The summed E-state index contributed by atoms with van der Waals surface area (Å²) < 4.78 is 5.95. The van der Waals surface area contributed by atoms with Crippen molar-refractivity contribution < 1.29 is 4.74 Å². The summed E-state index contributed by atoms with van der Waals surface area (Å²) in [5.41, 5.74) is 2.73. The average Bonchev–Trinajstić information content (AvgIpc) is 2.32. The van der Waals surface area contributed by atoms with Crippen LogP contribution in [0, 0.1) is 6.92 Å². The van der Waals surface area contributed by atoms with Gasteiger partial charge in [-0.25, -0.2) is 0 Å². The van der Waals surface area contributed by atoms with Gasteiger partial charge >= 0.3 is 0 Å². The van der Waals surface area contributed by atoms with Crippen LogP contribution in [0.5, 0.6) is 0 Å². The van der Waals surface area contributed by atoms with Gasteiger partial charge in [0, 0.05) is 12.1 Å². The summed E-state index contributed by atoms with van der Waals surface area (Å²) in [7, 11) is 0. The molecule has 0 bridgehead atoms. The first-order valence-electron chi connectivity index (χ1n) is 6.06. The van der Waals surface area contributed by atoms with Gasteiger partial charge in [-0.15, -0.1) is 0 Å². The van der Waals surface area contributed by atoms with Crippen LogP contribution in [-0.4, -0.2) is 18.7 Å². The number of rotatable bonds is 2. The van der Waals surface area contributed by atoms with Gasteiger partial charge in [0.2, 0.25) is 0 Å². The molecule has 0 saturated carbocycles. The molecule has 2 atom stereocenters. The second-order valence-electron chi connectivity index (χ2n) is 5.01. The van der Waals surface area contributed by atoms with Gasteiger partial charge in [-0.05, 0) is 25.8 Å². The number of hydrogen-bond donors (Lipinski definition) is 1. The zero-order chi connectivity index (χ0) is 11.6. The molecule has 1 saturated heterocycles. The Morgan fingerprint density at radius 3 is 2.56 bits per heavy atom. The van der Waals surface area contributed by atoms with Gasteiger partial charge in [0.25, 0.3) is 0 Å². The number of hydrogen-bond acceptors (Lipinski definition) is 2. The Hall–Kier alpha value is -0.860. The van der Waals surface area contributed by atoms with E-state index in [-0.39, 0.29) is 11.6 Å². The van der Waals surface area contributed by atoms with Gasteiger partial charge in [0.15, 0.2) is 0 Å². The van der Waals surface area contributed by atoms with Gasteiger partial charge in [-0.3, -0.25) is 0 Å². The normalized spacial score (nSPS) is 30.3. The molecule has 0 spiro atoms. The third-order valence-electron chi connectivity index (χ3n) is 3.55. The molecule has 0 aliphatic carbocycles. The SMILES string of the molecule is CCC1(C)COC(c2ccc(C)cc2)CN1. The molecule has 2 heteroatoms. The molecular weight excluding hydrogens is 198 g/mol. The second kappa shape index (κ2) is 4.56. The molecule has 2 nitrogen and oxygen atoms in total. The fourth-order valence-electron chi connectivity index (χ4n) is 1.96. The quantitative estimate of drug-likeness (QED) is 0.826. The highest BCUT2D eigenvalue weighted by molar-refractivity contribution is 5.24. The maximum absolute atomic E-state index is 5.95. The molecule has 1 aromatic rings. The van der Waals surface area contributed by atoms with Gasteiger partial charge < -0.3 is 10.1 Å². The van der Waals surface area contributed by atoms with E-state index in [1.165, 1.54) is 11.1 Å². The summed E-state index contributed by atoms with van der Waals surface area (Å²) in [5, 5.41) is 3.58. The van der Waals surface area contributed by atoms with E-state index in [4.69, 9.17) is 4.74 Å². The molecule has 1 heterocycles. The lowest BCUT2D eigenvalue weighted by Gasteiger charge is -2.38. The number of ether oxygens (including phenoxy) is 1. The van der Waals surface area contributed by atoms with Crippen molar-refractivity contribution in [3.63, 3.8) is 0 Å². The van der Waals surface area contributed by atoms with Crippen LogP contribution >= 0.6 is 0 Å². The number of nitrogens with one attached hydrogen (secondary N) is 1. The van der Waals surface area contributed by atoms with Gasteiger partial charge in [-0.1, -0.05) is 36.8 Å². The maximum Gasteiger partial charge on any atom is 0.0950 e. The van der Waals surface area contributed by atoms with Crippen LogP contribution in [0.15, 0.2) is 24.3 Å². The highest BCUT2D eigenvalue weighted by Gasteiger charge is 2.29. The van der Waals surface area contributed by atoms with Crippen molar-refractivity contribution in [2.45, 2.75) is 38.8 Å². The minimum atomic E-state index is 0.154. The molecule has 0 aromatic heterocycles. The second-order valence-corrected chi connectivity index (χ2v) is 5.01. The van der Waals surface area contributed by atoms with Crippen LogP contribution in [0.1, 0.15) is 37.5 Å². The van der Waals surface area contributed by atoms with E-state index in [1.54, 1.807) is 0 Å². The summed E-state index contributed by atoms with van der Waals surface area (Å²) in [4.78, 5) is 0. The third kappa shape index (κ3) is 2.45. The molecule has 0 radical (unpaired) electrons. The van der Waals surface area contributed by atoms with Gasteiger partial charge in [0.1, 0.15) is 0 Å². The zero-order valence-electron chi connectivity index (χ0n) is 10.4. The predicted molar refractivity (Wildman–Crippen MR) is 66.6 cm³/mol. The van der Waals surface area contributed by atoms with Crippen molar-refractivity contribution in [2.24, 2.45) is 0 Å². The van der Waals surface area contributed by atoms with Gasteiger partial charge in [0.05, 0.1) is 12.7 Å². The van der Waals surface area contributed by atoms with E-state index < -0.39 is 0 Å². The Labute approximate surface area is 98.0 Å². The summed E-state index contributed by atoms with van der Waals surface area (Å²) in [6.45, 7) is 8.23. The largest absolute Gasteiger partial charge is 0.370 e. The lowest BCUT2D eigenvalue weighted by atomic mass is 9.96. The molecule has 1 aliphatic rings. The third-order valence-corrected chi connectivity index (χ3v) is 3.55. The van der Waals surface area contributed by atoms with Crippen molar-refractivity contribution >= 4 is 0 Å². The van der Waals surface area contributed by atoms with Crippen molar-refractivity contribution in [1.82, 2.24) is 5.32 Å². The van der Waals surface area contributed by atoms with Crippen molar-refractivity contribution in [3.05, 3.63) is 35.4 Å². The Bertz CT molecular complexity index is 336.